The van der Waals surface area contributed by atoms with Gasteiger partial charge in [0.1, 0.15) is 5.84 Å². The van der Waals surface area contributed by atoms with Gasteiger partial charge in [0.25, 0.3) is 0 Å². The number of amides is 2. The molecule has 33 heavy (non-hydrogen) atoms. The Hall–Kier alpha value is -3.39. The number of carbonyl (C=O) groups excluding carboxylic acids is 2. The zero-order valence-corrected chi connectivity index (χ0v) is 18.4. The third-order valence-electron chi connectivity index (χ3n) is 7.70. The molecule has 0 aliphatic carbocycles. The molecule has 0 radical (unpaired) electrons. The molecular formula is C25H26N4O4. The first kappa shape index (κ1) is 20.2. The lowest BCUT2D eigenvalue weighted by atomic mass is 9.82. The van der Waals surface area contributed by atoms with Gasteiger partial charge >= 0.3 is 0 Å². The minimum atomic E-state index is -0.401. The fraction of sp³-hybridized carbons (Fsp3) is 0.400. The quantitative estimate of drug-likeness (QED) is 0.424. The van der Waals surface area contributed by atoms with Gasteiger partial charge in [-0.1, -0.05) is 37.3 Å². The number of carbonyl (C=O) groups is 2. The van der Waals surface area contributed by atoms with Crippen LogP contribution in [0, 0.1) is 23.2 Å². The van der Waals surface area contributed by atoms with Gasteiger partial charge in [0, 0.05) is 17.6 Å². The Morgan fingerprint density at radius 1 is 1.06 bits per heavy atom. The Labute approximate surface area is 191 Å². The van der Waals surface area contributed by atoms with E-state index in [0.29, 0.717) is 23.0 Å². The molecule has 3 fully saturated rings. The number of rotatable bonds is 4. The van der Waals surface area contributed by atoms with Crippen molar-refractivity contribution in [3.05, 3.63) is 59.2 Å². The number of imide groups is 1. The maximum Gasteiger partial charge on any atom is 0.235 e. The van der Waals surface area contributed by atoms with Crippen molar-refractivity contribution in [2.24, 2.45) is 23.5 Å². The number of nitrogens with one attached hydrogen (secondary N) is 1. The van der Waals surface area contributed by atoms with E-state index in [2.05, 4.69) is 11.8 Å². The van der Waals surface area contributed by atoms with Crippen molar-refractivity contribution in [2.75, 3.05) is 13.3 Å². The predicted octanol–water partition coefficient (Wildman–Crippen LogP) is 2.27. The second kappa shape index (κ2) is 7.31. The first-order valence-corrected chi connectivity index (χ1v) is 11.4. The maximum atomic E-state index is 13.7. The number of likely N-dealkylation sites (tertiary alicyclic amines) is 1. The summed E-state index contributed by atoms with van der Waals surface area (Å²) < 4.78 is 10.8. The van der Waals surface area contributed by atoms with Gasteiger partial charge in [-0.25, -0.2) is 0 Å². The van der Waals surface area contributed by atoms with Crippen LogP contribution in [-0.2, 0) is 16.1 Å². The molecule has 170 valence electrons. The first-order valence-electron chi connectivity index (χ1n) is 11.4. The fourth-order valence-electron chi connectivity index (χ4n) is 6.19. The summed E-state index contributed by atoms with van der Waals surface area (Å²) in [5.41, 5.74) is 8.12. The third kappa shape index (κ3) is 2.97. The molecule has 4 heterocycles. The van der Waals surface area contributed by atoms with Crippen LogP contribution in [0.4, 0.5) is 0 Å². The summed E-state index contributed by atoms with van der Waals surface area (Å²) >= 11 is 0. The van der Waals surface area contributed by atoms with E-state index in [1.807, 2.05) is 42.5 Å². The van der Waals surface area contributed by atoms with Crippen molar-refractivity contribution in [3.63, 3.8) is 0 Å². The summed E-state index contributed by atoms with van der Waals surface area (Å²) in [5, 5.41) is 7.66. The molecule has 0 unspecified atom stereocenters. The highest BCUT2D eigenvalue weighted by Crippen LogP contribution is 2.54. The topological polar surface area (TPSA) is 109 Å². The van der Waals surface area contributed by atoms with Gasteiger partial charge in [0.2, 0.25) is 18.6 Å². The van der Waals surface area contributed by atoms with Gasteiger partial charge < -0.3 is 15.2 Å². The monoisotopic (exact) mass is 446 g/mol. The number of nitrogen functional groups attached to an aromatic ring is 1. The number of amidine groups is 1. The van der Waals surface area contributed by atoms with Gasteiger partial charge in [0.15, 0.2) is 11.5 Å². The van der Waals surface area contributed by atoms with E-state index in [-0.39, 0.29) is 49.0 Å². The smallest absolute Gasteiger partial charge is 0.235 e. The Morgan fingerprint density at radius 2 is 1.79 bits per heavy atom. The highest BCUT2D eigenvalue weighted by Gasteiger charge is 2.64. The van der Waals surface area contributed by atoms with Crippen LogP contribution in [0.2, 0.25) is 0 Å². The minimum Gasteiger partial charge on any atom is -0.454 e. The highest BCUT2D eigenvalue weighted by molar-refractivity contribution is 6.06. The molecule has 2 amide bonds. The van der Waals surface area contributed by atoms with E-state index in [1.165, 1.54) is 4.90 Å². The third-order valence-corrected chi connectivity index (χ3v) is 7.70. The van der Waals surface area contributed by atoms with Crippen LogP contribution in [0.25, 0.3) is 0 Å². The van der Waals surface area contributed by atoms with Crippen molar-refractivity contribution in [1.82, 2.24) is 9.80 Å². The summed E-state index contributed by atoms with van der Waals surface area (Å²) in [6, 6.07) is 13.0. The number of ether oxygens (including phenoxy) is 2. The number of nitrogens with zero attached hydrogens (tertiary/aromatic N) is 2. The molecule has 6 rings (SSSR count). The molecule has 2 aromatic carbocycles. The van der Waals surface area contributed by atoms with E-state index < -0.39 is 5.92 Å². The average Bonchev–Trinajstić information content (AvgIpc) is 3.55. The summed E-state index contributed by atoms with van der Waals surface area (Å²) in [4.78, 5) is 31.1. The van der Waals surface area contributed by atoms with Crippen molar-refractivity contribution < 1.29 is 19.1 Å². The molecule has 0 aromatic heterocycles. The van der Waals surface area contributed by atoms with Crippen LogP contribution in [0.3, 0.4) is 0 Å². The second-order valence-corrected chi connectivity index (χ2v) is 9.48. The van der Waals surface area contributed by atoms with Gasteiger partial charge in [-0.2, -0.15) is 0 Å². The molecule has 4 aliphatic heterocycles. The van der Waals surface area contributed by atoms with Crippen molar-refractivity contribution in [1.29, 1.82) is 5.41 Å². The van der Waals surface area contributed by atoms with Gasteiger partial charge in [-0.15, -0.1) is 0 Å². The van der Waals surface area contributed by atoms with Gasteiger partial charge in [-0.05, 0) is 42.1 Å². The van der Waals surface area contributed by atoms with Crippen LogP contribution < -0.4 is 15.2 Å². The molecule has 0 bridgehead atoms. The standard InChI is InChI=1S/C25H26N4O4/c1-13-8-9-28-21(13)19-20(22(28)15-3-5-16(6-4-15)23(26)27)25(31)29(24(19)30)11-14-2-7-17-18(10-14)33-12-32-17/h2-7,10,13,19-22H,8-9,11-12H2,1H3,(H3,26,27)/t13-,19+,20-,21-,22-/m0/s1. The lowest BCUT2D eigenvalue weighted by Gasteiger charge is -2.29. The first-order chi connectivity index (χ1) is 15.9. The molecule has 8 nitrogen and oxygen atoms in total. The molecule has 0 spiro atoms. The maximum absolute atomic E-state index is 13.7. The van der Waals surface area contributed by atoms with Crippen LogP contribution in [0.1, 0.15) is 36.1 Å². The van der Waals surface area contributed by atoms with Gasteiger partial charge in [-0.3, -0.25) is 24.8 Å². The Bertz CT molecular complexity index is 1160. The molecule has 3 N–H and O–H groups in total. The lowest BCUT2D eigenvalue weighted by molar-refractivity contribution is -0.142. The van der Waals surface area contributed by atoms with E-state index in [1.54, 1.807) is 0 Å². The Balaban J connectivity index is 1.34. The largest absolute Gasteiger partial charge is 0.454 e. The predicted molar refractivity (Wildman–Crippen MR) is 120 cm³/mol. The van der Waals surface area contributed by atoms with E-state index >= 15 is 0 Å². The molecule has 8 heteroatoms. The Morgan fingerprint density at radius 3 is 2.55 bits per heavy atom. The minimum absolute atomic E-state index is 0.0144. The number of benzene rings is 2. The Kier molecular flexibility index (Phi) is 4.48. The fourth-order valence-corrected chi connectivity index (χ4v) is 6.19. The normalized spacial score (nSPS) is 30.1. The van der Waals surface area contributed by atoms with Crippen LogP contribution in [0.5, 0.6) is 11.5 Å². The molecule has 5 atom stereocenters. The molecule has 2 aromatic rings. The van der Waals surface area contributed by atoms with Crippen LogP contribution >= 0.6 is 0 Å². The summed E-state index contributed by atoms with van der Waals surface area (Å²) in [6.45, 7) is 3.48. The molecule has 4 aliphatic rings. The summed E-state index contributed by atoms with van der Waals surface area (Å²) in [7, 11) is 0. The lowest BCUT2D eigenvalue weighted by Crippen LogP contribution is -2.40. The molecule has 0 saturated carbocycles. The van der Waals surface area contributed by atoms with Crippen LogP contribution in [-0.4, -0.2) is 46.8 Å². The highest BCUT2D eigenvalue weighted by atomic mass is 16.7. The second-order valence-electron chi connectivity index (χ2n) is 9.48. The zero-order valence-electron chi connectivity index (χ0n) is 18.4. The van der Waals surface area contributed by atoms with Crippen LogP contribution in [0.15, 0.2) is 42.5 Å². The molecular weight excluding hydrogens is 420 g/mol. The van der Waals surface area contributed by atoms with E-state index in [0.717, 1.165) is 24.1 Å². The summed E-state index contributed by atoms with van der Waals surface area (Å²) in [6.07, 6.45) is 1.01. The number of fused-ring (bicyclic) bond motifs is 4. The van der Waals surface area contributed by atoms with Crippen molar-refractivity contribution in [3.8, 4) is 11.5 Å². The number of hydrogen-bond donors (Lipinski definition) is 2. The number of nitrogens with two attached hydrogens (primary N) is 1. The van der Waals surface area contributed by atoms with E-state index in [9.17, 15) is 9.59 Å². The zero-order chi connectivity index (χ0) is 22.9. The van der Waals surface area contributed by atoms with Crippen molar-refractivity contribution in [2.45, 2.75) is 32.0 Å². The van der Waals surface area contributed by atoms with Crippen molar-refractivity contribution >= 4 is 17.6 Å². The number of hydrogen-bond acceptors (Lipinski definition) is 6. The molecule has 3 saturated heterocycles. The van der Waals surface area contributed by atoms with E-state index in [4.69, 9.17) is 20.6 Å². The average molecular weight is 447 g/mol. The summed E-state index contributed by atoms with van der Waals surface area (Å²) in [5.74, 6) is 0.773. The SMILES string of the molecule is C[C@H]1CCN2[C@@H]1[C@@H]1C(=O)N(Cc3ccc4c(c3)OCO4)C(=O)[C@@H]1[C@@H]2c1ccc(C(=N)N)cc1. The van der Waals surface area contributed by atoms with Gasteiger partial charge in [0.05, 0.1) is 18.4 Å².